The normalized spacial score (nSPS) is 22.8. The average Bonchev–Trinajstić information content (AvgIpc) is 3.10. The van der Waals surface area contributed by atoms with Crippen LogP contribution in [0.5, 0.6) is 5.75 Å². The fraction of sp³-hybridized carbons (Fsp3) is 0.588. The number of nitrogens with zero attached hydrogens (tertiary/aromatic N) is 2. The molecular formula is C17H25N3O2. The molecule has 120 valence electrons. The van der Waals surface area contributed by atoms with Crippen LogP contribution in [0.1, 0.15) is 12.0 Å². The van der Waals surface area contributed by atoms with Crippen molar-refractivity contribution >= 4 is 5.91 Å². The van der Waals surface area contributed by atoms with Crippen molar-refractivity contribution in [1.29, 1.82) is 0 Å². The van der Waals surface area contributed by atoms with Gasteiger partial charge in [0.25, 0.3) is 0 Å². The number of rotatable bonds is 4. The summed E-state index contributed by atoms with van der Waals surface area (Å²) in [5, 5.41) is 3.41. The van der Waals surface area contributed by atoms with Crippen LogP contribution in [-0.4, -0.2) is 68.1 Å². The topological polar surface area (TPSA) is 44.8 Å². The molecule has 5 nitrogen and oxygen atoms in total. The molecule has 0 saturated carbocycles. The molecule has 1 aromatic carbocycles. The van der Waals surface area contributed by atoms with Crippen LogP contribution in [-0.2, 0) is 11.2 Å². The number of nitrogens with one attached hydrogen (secondary N) is 1. The molecule has 2 aliphatic heterocycles. The summed E-state index contributed by atoms with van der Waals surface area (Å²) >= 11 is 0. The van der Waals surface area contributed by atoms with Gasteiger partial charge in [0.15, 0.2) is 0 Å². The highest BCUT2D eigenvalue weighted by molar-refractivity contribution is 5.79. The van der Waals surface area contributed by atoms with E-state index in [1.165, 1.54) is 6.42 Å². The van der Waals surface area contributed by atoms with E-state index in [-0.39, 0.29) is 5.91 Å². The lowest BCUT2D eigenvalue weighted by Gasteiger charge is -2.37. The predicted molar refractivity (Wildman–Crippen MR) is 86.1 cm³/mol. The predicted octanol–water partition coefficient (Wildman–Crippen LogP) is 0.744. The third-order valence-corrected chi connectivity index (χ3v) is 4.75. The first kappa shape index (κ1) is 15.3. The molecule has 0 aliphatic carbocycles. The van der Waals surface area contributed by atoms with Crippen molar-refractivity contribution in [2.75, 3.05) is 46.4 Å². The van der Waals surface area contributed by atoms with E-state index in [4.69, 9.17) is 4.74 Å². The molecule has 1 amide bonds. The smallest absolute Gasteiger partial charge is 0.227 e. The van der Waals surface area contributed by atoms with E-state index in [2.05, 4.69) is 10.2 Å². The van der Waals surface area contributed by atoms with Gasteiger partial charge in [-0.05, 0) is 19.0 Å². The second-order valence-electron chi connectivity index (χ2n) is 6.05. The molecule has 5 heteroatoms. The largest absolute Gasteiger partial charge is 0.496 e. The molecule has 1 aromatic rings. The maximum Gasteiger partial charge on any atom is 0.227 e. The number of hydrogen-bond acceptors (Lipinski definition) is 4. The molecule has 0 aromatic heterocycles. The van der Waals surface area contributed by atoms with Crippen LogP contribution in [0, 0.1) is 0 Å². The van der Waals surface area contributed by atoms with Gasteiger partial charge in [0.1, 0.15) is 5.75 Å². The van der Waals surface area contributed by atoms with Gasteiger partial charge in [-0.1, -0.05) is 18.2 Å². The lowest BCUT2D eigenvalue weighted by Crippen LogP contribution is -2.52. The number of carbonyl (C=O) groups is 1. The second kappa shape index (κ2) is 7.11. The van der Waals surface area contributed by atoms with Gasteiger partial charge in [-0.3, -0.25) is 9.69 Å². The van der Waals surface area contributed by atoms with Crippen molar-refractivity contribution in [2.45, 2.75) is 18.9 Å². The minimum absolute atomic E-state index is 0.202. The Morgan fingerprint density at radius 2 is 2.05 bits per heavy atom. The number of ether oxygens (including phenoxy) is 1. The first-order valence-electron chi connectivity index (χ1n) is 8.12. The van der Waals surface area contributed by atoms with Crippen molar-refractivity contribution < 1.29 is 9.53 Å². The average molecular weight is 303 g/mol. The number of amides is 1. The molecule has 0 spiro atoms. The molecule has 1 unspecified atom stereocenters. The van der Waals surface area contributed by atoms with Crippen LogP contribution in [0.3, 0.4) is 0 Å². The molecule has 3 rings (SSSR count). The van der Waals surface area contributed by atoms with Crippen LogP contribution in [0.25, 0.3) is 0 Å². The Hall–Kier alpha value is -1.59. The first-order chi connectivity index (χ1) is 10.8. The lowest BCUT2D eigenvalue weighted by molar-refractivity contribution is -0.132. The van der Waals surface area contributed by atoms with Crippen LogP contribution in [0.15, 0.2) is 24.3 Å². The van der Waals surface area contributed by atoms with Crippen molar-refractivity contribution in [3.8, 4) is 5.75 Å². The van der Waals surface area contributed by atoms with Crippen molar-refractivity contribution in [3.63, 3.8) is 0 Å². The summed E-state index contributed by atoms with van der Waals surface area (Å²) in [5.41, 5.74) is 0.970. The molecule has 0 bridgehead atoms. The lowest BCUT2D eigenvalue weighted by atomic mass is 10.1. The summed E-state index contributed by atoms with van der Waals surface area (Å²) in [6.07, 6.45) is 1.66. The number of para-hydroxylation sites is 1. The molecule has 2 saturated heterocycles. The number of carbonyl (C=O) groups excluding carboxylic acids is 1. The Kier molecular flexibility index (Phi) is 4.95. The zero-order valence-corrected chi connectivity index (χ0v) is 13.3. The Bertz CT molecular complexity index is 506. The van der Waals surface area contributed by atoms with Gasteiger partial charge in [-0.2, -0.15) is 0 Å². The standard InChI is InChI=1S/C17H25N3O2/c1-22-16-5-3-2-4-14(16)12-17(21)20-10-8-19(9-11-20)15-6-7-18-13-15/h2-5,15,18H,6-13H2,1H3. The highest BCUT2D eigenvalue weighted by atomic mass is 16.5. The molecule has 2 heterocycles. The number of hydrogen-bond donors (Lipinski definition) is 1. The summed E-state index contributed by atoms with van der Waals surface area (Å²) in [6.45, 7) is 5.87. The van der Waals surface area contributed by atoms with Crippen molar-refractivity contribution in [2.24, 2.45) is 0 Å². The van der Waals surface area contributed by atoms with Crippen molar-refractivity contribution in [3.05, 3.63) is 29.8 Å². The van der Waals surface area contributed by atoms with Crippen LogP contribution in [0.4, 0.5) is 0 Å². The van der Waals surface area contributed by atoms with Gasteiger partial charge in [-0.25, -0.2) is 0 Å². The second-order valence-corrected chi connectivity index (χ2v) is 6.05. The fourth-order valence-electron chi connectivity index (χ4n) is 3.41. The van der Waals surface area contributed by atoms with E-state index in [0.29, 0.717) is 12.5 Å². The Morgan fingerprint density at radius 1 is 1.27 bits per heavy atom. The van der Waals surface area contributed by atoms with Crippen LogP contribution >= 0.6 is 0 Å². The molecular weight excluding hydrogens is 278 g/mol. The molecule has 1 N–H and O–H groups in total. The SMILES string of the molecule is COc1ccccc1CC(=O)N1CCN(C2CCNC2)CC1. The quantitative estimate of drug-likeness (QED) is 0.891. The summed E-state index contributed by atoms with van der Waals surface area (Å²) in [4.78, 5) is 17.0. The molecule has 22 heavy (non-hydrogen) atoms. The van der Waals surface area contributed by atoms with Crippen LogP contribution in [0.2, 0.25) is 0 Å². The zero-order valence-electron chi connectivity index (χ0n) is 13.3. The number of benzene rings is 1. The molecule has 0 radical (unpaired) electrons. The molecule has 2 aliphatic rings. The van der Waals surface area contributed by atoms with E-state index in [0.717, 1.165) is 50.6 Å². The Morgan fingerprint density at radius 3 is 2.73 bits per heavy atom. The third-order valence-electron chi connectivity index (χ3n) is 4.75. The fourth-order valence-corrected chi connectivity index (χ4v) is 3.41. The van der Waals surface area contributed by atoms with Gasteiger partial charge < -0.3 is 15.0 Å². The first-order valence-corrected chi connectivity index (χ1v) is 8.12. The van der Waals surface area contributed by atoms with Crippen molar-refractivity contribution in [1.82, 2.24) is 15.1 Å². The van der Waals surface area contributed by atoms with Crippen LogP contribution < -0.4 is 10.1 Å². The highest BCUT2D eigenvalue weighted by Crippen LogP contribution is 2.19. The van der Waals surface area contributed by atoms with Gasteiger partial charge >= 0.3 is 0 Å². The third kappa shape index (κ3) is 3.42. The summed E-state index contributed by atoms with van der Waals surface area (Å²) in [5.74, 6) is 1.00. The summed E-state index contributed by atoms with van der Waals surface area (Å²) in [7, 11) is 1.65. The van der Waals surface area contributed by atoms with E-state index < -0.39 is 0 Å². The minimum Gasteiger partial charge on any atom is -0.496 e. The van der Waals surface area contributed by atoms with Gasteiger partial charge in [-0.15, -0.1) is 0 Å². The summed E-state index contributed by atoms with van der Waals surface area (Å²) in [6, 6.07) is 8.42. The van der Waals surface area contributed by atoms with E-state index in [1.54, 1.807) is 7.11 Å². The molecule has 2 fully saturated rings. The zero-order chi connectivity index (χ0) is 15.4. The summed E-state index contributed by atoms with van der Waals surface area (Å²) < 4.78 is 5.33. The monoisotopic (exact) mass is 303 g/mol. The van der Waals surface area contributed by atoms with E-state index in [1.807, 2.05) is 29.2 Å². The number of methoxy groups -OCH3 is 1. The van der Waals surface area contributed by atoms with E-state index >= 15 is 0 Å². The maximum absolute atomic E-state index is 12.5. The highest BCUT2D eigenvalue weighted by Gasteiger charge is 2.27. The minimum atomic E-state index is 0.202. The maximum atomic E-state index is 12.5. The Labute approximate surface area is 132 Å². The molecule has 1 atom stereocenters. The van der Waals surface area contributed by atoms with Gasteiger partial charge in [0, 0.05) is 44.3 Å². The number of piperazine rings is 1. The van der Waals surface area contributed by atoms with E-state index in [9.17, 15) is 4.79 Å². The van der Waals surface area contributed by atoms with Gasteiger partial charge in [0.2, 0.25) is 5.91 Å². The van der Waals surface area contributed by atoms with Gasteiger partial charge in [0.05, 0.1) is 13.5 Å². The Balaban J connectivity index is 1.53.